The molecule has 3 fully saturated rings. The van der Waals surface area contributed by atoms with Crippen molar-refractivity contribution in [2.24, 2.45) is 11.8 Å². The number of hydrogen-bond donors (Lipinski definition) is 1. The Hall–Kier alpha value is -0.570. The summed E-state index contributed by atoms with van der Waals surface area (Å²) in [7, 11) is 0. The monoisotopic (exact) mass is 169 g/mol. The van der Waals surface area contributed by atoms with Crippen LogP contribution in [0.5, 0.6) is 0 Å². The van der Waals surface area contributed by atoms with Gasteiger partial charge in [0.25, 0.3) is 0 Å². The molecule has 12 heavy (non-hydrogen) atoms. The molecule has 3 heteroatoms. The van der Waals surface area contributed by atoms with E-state index in [-0.39, 0.29) is 5.92 Å². The van der Waals surface area contributed by atoms with Gasteiger partial charge in [0, 0.05) is 6.54 Å². The summed E-state index contributed by atoms with van der Waals surface area (Å²) in [6, 6.07) is 0. The van der Waals surface area contributed by atoms with Crippen molar-refractivity contribution in [2.75, 3.05) is 19.6 Å². The van der Waals surface area contributed by atoms with Crippen LogP contribution in [0.25, 0.3) is 0 Å². The van der Waals surface area contributed by atoms with Crippen molar-refractivity contribution < 1.29 is 9.90 Å². The molecule has 0 spiro atoms. The number of rotatable bonds is 1. The highest BCUT2D eigenvalue weighted by atomic mass is 16.4. The van der Waals surface area contributed by atoms with Gasteiger partial charge in [-0.2, -0.15) is 0 Å². The molecule has 2 bridgehead atoms. The lowest BCUT2D eigenvalue weighted by Crippen LogP contribution is -2.41. The number of carboxylic acid groups (broad SMARTS) is 1. The maximum absolute atomic E-state index is 10.9. The zero-order chi connectivity index (χ0) is 8.55. The molecule has 3 rings (SSSR count). The molecule has 3 aliphatic rings. The smallest absolute Gasteiger partial charge is 0.308 e. The van der Waals surface area contributed by atoms with E-state index in [4.69, 9.17) is 5.11 Å². The normalized spacial score (nSPS) is 40.8. The first kappa shape index (κ1) is 8.05. The summed E-state index contributed by atoms with van der Waals surface area (Å²) in [5.74, 6) is -0.214. The average molecular weight is 169 g/mol. The third-order valence-corrected chi connectivity index (χ3v) is 3.21. The van der Waals surface area contributed by atoms with E-state index < -0.39 is 5.97 Å². The minimum absolute atomic E-state index is 0.0822. The quantitative estimate of drug-likeness (QED) is 0.631. The Kier molecular flexibility index (Phi) is 2.05. The lowest BCUT2D eigenvalue weighted by Gasteiger charge is -2.31. The van der Waals surface area contributed by atoms with Crippen LogP contribution in [0.2, 0.25) is 0 Å². The van der Waals surface area contributed by atoms with Crippen LogP contribution in [0.4, 0.5) is 0 Å². The zero-order valence-corrected chi connectivity index (χ0v) is 7.20. The van der Waals surface area contributed by atoms with Crippen LogP contribution in [-0.4, -0.2) is 35.6 Å². The summed E-state index contributed by atoms with van der Waals surface area (Å²) in [5.41, 5.74) is 0. The fourth-order valence-corrected chi connectivity index (χ4v) is 2.47. The van der Waals surface area contributed by atoms with E-state index in [2.05, 4.69) is 4.90 Å². The Morgan fingerprint density at radius 2 is 2.17 bits per heavy atom. The van der Waals surface area contributed by atoms with Gasteiger partial charge in [0.15, 0.2) is 0 Å². The summed E-state index contributed by atoms with van der Waals surface area (Å²) in [5, 5.41) is 8.96. The van der Waals surface area contributed by atoms with Crippen LogP contribution in [0, 0.1) is 11.8 Å². The van der Waals surface area contributed by atoms with E-state index in [9.17, 15) is 4.79 Å². The van der Waals surface area contributed by atoms with Gasteiger partial charge in [-0.3, -0.25) is 4.79 Å². The standard InChI is InChI=1S/C9H15NO2/c11-9(12)8-6-10-4-1-2-7(8)3-5-10/h7-8H,1-6H2,(H,11,12). The molecule has 3 unspecified atom stereocenters. The Morgan fingerprint density at radius 3 is 2.92 bits per heavy atom. The average Bonchev–Trinajstić information content (AvgIpc) is 2.36. The van der Waals surface area contributed by atoms with Gasteiger partial charge in [0.2, 0.25) is 0 Å². The predicted octanol–water partition coefficient (Wildman–Crippen LogP) is 0.803. The Morgan fingerprint density at radius 1 is 1.33 bits per heavy atom. The second-order valence-electron chi connectivity index (χ2n) is 3.94. The van der Waals surface area contributed by atoms with Gasteiger partial charge in [-0.15, -0.1) is 0 Å². The van der Waals surface area contributed by atoms with E-state index in [1.54, 1.807) is 0 Å². The second-order valence-corrected chi connectivity index (χ2v) is 3.94. The summed E-state index contributed by atoms with van der Waals surface area (Å²) in [6.07, 6.45) is 3.40. The van der Waals surface area contributed by atoms with Gasteiger partial charge in [-0.25, -0.2) is 0 Å². The minimum atomic E-state index is -0.591. The number of aliphatic carboxylic acids is 1. The van der Waals surface area contributed by atoms with Gasteiger partial charge >= 0.3 is 5.97 Å². The highest BCUT2D eigenvalue weighted by Crippen LogP contribution is 2.31. The first-order chi connectivity index (χ1) is 5.77. The van der Waals surface area contributed by atoms with Gasteiger partial charge in [0.1, 0.15) is 0 Å². The van der Waals surface area contributed by atoms with E-state index >= 15 is 0 Å². The van der Waals surface area contributed by atoms with E-state index in [0.717, 1.165) is 32.5 Å². The lowest BCUT2D eigenvalue weighted by molar-refractivity contribution is -0.145. The van der Waals surface area contributed by atoms with Crippen molar-refractivity contribution in [2.45, 2.75) is 19.3 Å². The van der Waals surface area contributed by atoms with Gasteiger partial charge < -0.3 is 10.0 Å². The first-order valence-corrected chi connectivity index (χ1v) is 4.72. The minimum Gasteiger partial charge on any atom is -0.481 e. The molecule has 0 aromatic heterocycles. The van der Waals surface area contributed by atoms with Crippen molar-refractivity contribution in [3.63, 3.8) is 0 Å². The Balaban J connectivity index is 2.11. The SMILES string of the molecule is O=C(O)C1CN2CCCC1CC2. The van der Waals surface area contributed by atoms with Gasteiger partial charge in [0.05, 0.1) is 5.92 Å². The summed E-state index contributed by atoms with van der Waals surface area (Å²) >= 11 is 0. The topological polar surface area (TPSA) is 40.5 Å². The predicted molar refractivity (Wildman–Crippen MR) is 44.9 cm³/mol. The van der Waals surface area contributed by atoms with Crippen LogP contribution in [0.15, 0.2) is 0 Å². The largest absolute Gasteiger partial charge is 0.481 e. The fourth-order valence-electron chi connectivity index (χ4n) is 2.47. The molecule has 3 atom stereocenters. The molecule has 0 amide bonds. The molecule has 0 saturated carbocycles. The van der Waals surface area contributed by atoms with Crippen molar-refractivity contribution in [3.8, 4) is 0 Å². The summed E-state index contributed by atoms with van der Waals surface area (Å²) < 4.78 is 0. The Bertz CT molecular complexity index is 189. The Labute approximate surface area is 72.4 Å². The fraction of sp³-hybridized carbons (Fsp3) is 0.889. The van der Waals surface area contributed by atoms with Crippen molar-refractivity contribution >= 4 is 5.97 Å². The van der Waals surface area contributed by atoms with Crippen LogP contribution >= 0.6 is 0 Å². The summed E-state index contributed by atoms with van der Waals surface area (Å²) in [4.78, 5) is 13.2. The summed E-state index contributed by atoms with van der Waals surface area (Å²) in [6.45, 7) is 3.02. The number of fused-ring (bicyclic) bond motifs is 4. The maximum atomic E-state index is 10.9. The van der Waals surface area contributed by atoms with Crippen molar-refractivity contribution in [1.82, 2.24) is 4.90 Å². The molecular weight excluding hydrogens is 154 g/mol. The molecule has 3 nitrogen and oxygen atoms in total. The van der Waals surface area contributed by atoms with E-state index in [0.29, 0.717) is 5.92 Å². The van der Waals surface area contributed by atoms with Crippen LogP contribution in [0.1, 0.15) is 19.3 Å². The second kappa shape index (κ2) is 3.05. The molecule has 0 aromatic rings. The number of hydrogen-bond acceptors (Lipinski definition) is 2. The molecule has 3 saturated heterocycles. The lowest BCUT2D eigenvalue weighted by atomic mass is 9.85. The zero-order valence-electron chi connectivity index (χ0n) is 7.20. The van der Waals surface area contributed by atoms with Crippen LogP contribution < -0.4 is 0 Å². The molecule has 3 aliphatic heterocycles. The van der Waals surface area contributed by atoms with Gasteiger partial charge in [-0.1, -0.05) is 0 Å². The molecular formula is C9H15NO2. The van der Waals surface area contributed by atoms with Gasteiger partial charge in [-0.05, 0) is 38.3 Å². The molecule has 0 aromatic carbocycles. The van der Waals surface area contributed by atoms with Crippen molar-refractivity contribution in [3.05, 3.63) is 0 Å². The third-order valence-electron chi connectivity index (χ3n) is 3.21. The number of nitrogens with zero attached hydrogens (tertiary/aromatic N) is 1. The first-order valence-electron chi connectivity index (χ1n) is 4.72. The number of carboxylic acids is 1. The van der Waals surface area contributed by atoms with Crippen LogP contribution in [-0.2, 0) is 4.79 Å². The van der Waals surface area contributed by atoms with Crippen LogP contribution in [0.3, 0.4) is 0 Å². The third kappa shape index (κ3) is 1.33. The molecule has 1 N–H and O–H groups in total. The number of piperidine rings is 1. The van der Waals surface area contributed by atoms with E-state index in [1.807, 2.05) is 0 Å². The highest BCUT2D eigenvalue weighted by Gasteiger charge is 2.35. The number of carbonyl (C=O) groups is 1. The highest BCUT2D eigenvalue weighted by molar-refractivity contribution is 5.70. The molecule has 68 valence electrons. The van der Waals surface area contributed by atoms with Crippen molar-refractivity contribution in [1.29, 1.82) is 0 Å². The molecule has 0 radical (unpaired) electrons. The van der Waals surface area contributed by atoms with E-state index in [1.165, 1.54) is 6.42 Å². The molecule has 3 heterocycles. The maximum Gasteiger partial charge on any atom is 0.308 e. The molecule has 0 aliphatic carbocycles.